The molecule has 1 fully saturated rings. The maximum atomic E-state index is 13.2. The smallest absolute Gasteiger partial charge is 0.317 e. The van der Waals surface area contributed by atoms with Crippen molar-refractivity contribution in [2.75, 3.05) is 18.4 Å². The number of aromatic amines is 4. The first-order chi connectivity index (χ1) is 36.0. The van der Waals surface area contributed by atoms with Gasteiger partial charge in [0.2, 0.25) is 0 Å². The zero-order valence-electron chi connectivity index (χ0n) is 38.5. The molecule has 0 aliphatic carbocycles. The Kier molecular flexibility index (Phi) is 9.84. The SMILES string of the molecule is O=C(Nc1cncc(-c2cc3c(-c4nc5c(-c6ccoc6)cncc5[nH]4)n[nH]c3[n+](-c3cc(-c4cncc5[nH]c(-c6n[nH]c7ncc(-c8cncc(CN9CCCC9)c8)cc67)nc45)co3)c2)c1)c1ccccc1. The number of rotatable bonds is 11. The summed E-state index contributed by atoms with van der Waals surface area (Å²) in [5.41, 5.74) is 14.1. The summed E-state index contributed by atoms with van der Waals surface area (Å²) < 4.78 is 13.7. The molecule has 5 N–H and O–H groups in total. The number of aromatic nitrogens is 14. The molecule has 19 heteroatoms. The van der Waals surface area contributed by atoms with Gasteiger partial charge in [0.05, 0.1) is 53.2 Å². The summed E-state index contributed by atoms with van der Waals surface area (Å²) in [5.74, 6) is 1.30. The fraction of sp³-hybridized carbons (Fsp3) is 0.0926. The minimum Gasteiger partial charge on any atom is -0.472 e. The third-order valence-corrected chi connectivity index (χ3v) is 13.3. The van der Waals surface area contributed by atoms with Crippen LogP contribution in [0.5, 0.6) is 0 Å². The maximum absolute atomic E-state index is 13.2. The summed E-state index contributed by atoms with van der Waals surface area (Å²) in [4.78, 5) is 55.7. The van der Waals surface area contributed by atoms with Crippen LogP contribution in [0, 0.1) is 0 Å². The van der Waals surface area contributed by atoms with Crippen LogP contribution in [0.25, 0.3) is 118 Å². The van der Waals surface area contributed by atoms with E-state index in [0.717, 1.165) is 80.4 Å². The Morgan fingerprint density at radius 1 is 0.658 bits per heavy atom. The van der Waals surface area contributed by atoms with Gasteiger partial charge in [0.25, 0.3) is 11.8 Å². The molecule has 1 aliphatic heterocycles. The van der Waals surface area contributed by atoms with Crippen molar-refractivity contribution >= 4 is 55.7 Å². The van der Waals surface area contributed by atoms with Gasteiger partial charge in [-0.2, -0.15) is 9.67 Å². The van der Waals surface area contributed by atoms with Crippen molar-refractivity contribution in [3.05, 3.63) is 159 Å². The van der Waals surface area contributed by atoms with E-state index in [9.17, 15) is 4.79 Å². The number of imidazole rings is 2. The number of anilines is 1. The number of furan rings is 2. The van der Waals surface area contributed by atoms with Gasteiger partial charge < -0.3 is 24.1 Å². The molecule has 352 valence electrons. The molecule has 1 amide bonds. The van der Waals surface area contributed by atoms with Crippen molar-refractivity contribution < 1.29 is 18.2 Å². The van der Waals surface area contributed by atoms with Gasteiger partial charge in [0.1, 0.15) is 34.6 Å². The highest BCUT2D eigenvalue weighted by Gasteiger charge is 2.26. The number of fused-ring (bicyclic) bond motifs is 4. The lowest BCUT2D eigenvalue weighted by atomic mass is 10.1. The van der Waals surface area contributed by atoms with E-state index >= 15 is 0 Å². The second kappa shape index (κ2) is 17.1. The summed E-state index contributed by atoms with van der Waals surface area (Å²) in [7, 11) is 0. The number of carbonyl (C=O) groups excluding carboxylic acids is 1. The number of hydrogen-bond donors (Lipinski definition) is 5. The van der Waals surface area contributed by atoms with Crippen LogP contribution in [0.3, 0.4) is 0 Å². The van der Waals surface area contributed by atoms with Crippen LogP contribution in [0.4, 0.5) is 5.69 Å². The average Bonchev–Trinajstić information content (AvgIpc) is 4.29. The molecule has 12 aromatic heterocycles. The number of nitrogens with one attached hydrogen (secondary N) is 5. The Balaban J connectivity index is 0.842. The number of carbonyl (C=O) groups is 1. The van der Waals surface area contributed by atoms with Crippen molar-refractivity contribution in [3.63, 3.8) is 0 Å². The van der Waals surface area contributed by atoms with Gasteiger partial charge in [-0.15, -0.1) is 5.10 Å². The number of nitrogens with zero attached hydrogens (tertiary/aromatic N) is 11. The molecule has 13 heterocycles. The van der Waals surface area contributed by atoms with Crippen LogP contribution < -0.4 is 9.88 Å². The molecule has 0 saturated carbocycles. The number of likely N-dealkylation sites (tertiary alicyclic amines) is 1. The lowest BCUT2D eigenvalue weighted by Crippen LogP contribution is -2.31. The van der Waals surface area contributed by atoms with Gasteiger partial charge in [-0.05, 0) is 74.0 Å². The molecular formula is C54H39N16O3+. The van der Waals surface area contributed by atoms with E-state index in [-0.39, 0.29) is 5.91 Å². The zero-order valence-corrected chi connectivity index (χ0v) is 38.5. The fourth-order valence-electron chi connectivity index (χ4n) is 9.72. The van der Waals surface area contributed by atoms with Crippen LogP contribution in [0.15, 0.2) is 156 Å². The highest BCUT2D eigenvalue weighted by Crippen LogP contribution is 2.36. The van der Waals surface area contributed by atoms with Crippen molar-refractivity contribution in [1.82, 2.24) is 70.2 Å². The first-order valence-corrected chi connectivity index (χ1v) is 23.6. The summed E-state index contributed by atoms with van der Waals surface area (Å²) in [6.45, 7) is 3.10. The monoisotopic (exact) mass is 959 g/mol. The molecule has 0 spiro atoms. The fourth-order valence-corrected chi connectivity index (χ4v) is 9.72. The number of amides is 1. The molecule has 0 atom stereocenters. The van der Waals surface area contributed by atoms with Crippen LogP contribution in [-0.4, -0.2) is 89.1 Å². The molecular weight excluding hydrogens is 921 g/mol. The number of pyridine rings is 6. The highest BCUT2D eigenvalue weighted by molar-refractivity contribution is 6.04. The van der Waals surface area contributed by atoms with Gasteiger partial charge in [-0.25, -0.2) is 15.0 Å². The van der Waals surface area contributed by atoms with Crippen LogP contribution >= 0.6 is 0 Å². The normalized spacial score (nSPS) is 13.0. The maximum Gasteiger partial charge on any atom is 0.317 e. The third kappa shape index (κ3) is 7.54. The summed E-state index contributed by atoms with van der Waals surface area (Å²) in [5, 5.41) is 20.4. The molecule has 1 aromatic carbocycles. The Bertz CT molecular complexity index is 4220. The largest absolute Gasteiger partial charge is 0.472 e. The Labute approximate surface area is 412 Å². The van der Waals surface area contributed by atoms with Crippen LogP contribution in [-0.2, 0) is 6.54 Å². The minimum absolute atomic E-state index is 0.251. The van der Waals surface area contributed by atoms with Crippen molar-refractivity contribution in [2.45, 2.75) is 19.4 Å². The number of hydrogen-bond acceptors (Lipinski definition) is 13. The molecule has 0 unspecified atom stereocenters. The van der Waals surface area contributed by atoms with Crippen LogP contribution in [0.1, 0.15) is 28.8 Å². The van der Waals surface area contributed by atoms with Crippen molar-refractivity contribution in [3.8, 4) is 73.4 Å². The van der Waals surface area contributed by atoms with Crippen molar-refractivity contribution in [2.24, 2.45) is 0 Å². The number of benzene rings is 1. The quantitative estimate of drug-likeness (QED) is 0.0760. The molecule has 13 aromatic rings. The predicted molar refractivity (Wildman–Crippen MR) is 272 cm³/mol. The Morgan fingerprint density at radius 3 is 2.14 bits per heavy atom. The summed E-state index contributed by atoms with van der Waals surface area (Å²) in [6.07, 6.45) is 25.4. The average molecular weight is 960 g/mol. The van der Waals surface area contributed by atoms with Crippen molar-refractivity contribution in [1.29, 1.82) is 0 Å². The Morgan fingerprint density at radius 2 is 1.36 bits per heavy atom. The van der Waals surface area contributed by atoms with Gasteiger partial charge in [-0.3, -0.25) is 34.7 Å². The number of H-pyrrole nitrogens is 4. The molecule has 0 bridgehead atoms. The first kappa shape index (κ1) is 41.9. The van der Waals surface area contributed by atoms with E-state index in [4.69, 9.17) is 28.9 Å². The minimum atomic E-state index is -0.251. The third-order valence-electron chi connectivity index (χ3n) is 13.3. The highest BCUT2D eigenvalue weighted by atomic mass is 16.3. The standard InChI is InChI=1S/C54H38N16O3/c71-54(31-6-2-1-3-7-31)60-38-13-34(19-56-21-38)36-15-40-49(52-62-43-24-57-22-41(46(43)63-52)32-8-11-72-28-32)66-68-53(40)70(27-36)45-16-37(29-73-45)42-23-58-25-44-47(42)64-51(61-44)48-39-14-35(20-59-50(39)67-65-48)33-12-30(17-55-18-33)26-69-9-4-5-10-69/h1-3,6-8,11-25,27-29H,4-5,9-10,26H2,(H4,57,58,59,60,61,62,63,64,65,66,67,71)/p+1. The zero-order chi connectivity index (χ0) is 48.4. The van der Waals surface area contributed by atoms with E-state index in [1.54, 1.807) is 68.1 Å². The summed E-state index contributed by atoms with van der Waals surface area (Å²) in [6, 6.07) is 21.0. The first-order valence-electron chi connectivity index (χ1n) is 23.6. The van der Waals surface area contributed by atoms with Gasteiger partial charge in [0, 0.05) is 99.9 Å². The topological polar surface area (TPSA) is 242 Å². The molecule has 19 nitrogen and oxygen atoms in total. The van der Waals surface area contributed by atoms with E-state index in [1.807, 2.05) is 71.8 Å². The van der Waals surface area contributed by atoms with Gasteiger partial charge in [-0.1, -0.05) is 23.3 Å². The summed E-state index contributed by atoms with van der Waals surface area (Å²) >= 11 is 0. The lowest BCUT2D eigenvalue weighted by molar-refractivity contribution is -0.582. The predicted octanol–water partition coefficient (Wildman–Crippen LogP) is 9.48. The molecule has 1 aliphatic rings. The van der Waals surface area contributed by atoms with E-state index in [2.05, 4.69) is 67.5 Å². The van der Waals surface area contributed by atoms with E-state index in [1.165, 1.54) is 18.4 Å². The Hall–Kier alpha value is -10.0. The van der Waals surface area contributed by atoms with Gasteiger partial charge >= 0.3 is 5.65 Å². The molecule has 1 saturated heterocycles. The van der Waals surface area contributed by atoms with Crippen LogP contribution in [0.2, 0.25) is 0 Å². The molecule has 14 rings (SSSR count). The van der Waals surface area contributed by atoms with Gasteiger partial charge in [0.15, 0.2) is 23.0 Å². The van der Waals surface area contributed by atoms with E-state index in [0.29, 0.717) is 68.0 Å². The lowest BCUT2D eigenvalue weighted by Gasteiger charge is -2.14. The van der Waals surface area contributed by atoms with E-state index < -0.39 is 0 Å². The second-order valence-corrected chi connectivity index (χ2v) is 18.0. The molecule has 0 radical (unpaired) electrons. The molecule has 73 heavy (non-hydrogen) atoms. The second-order valence-electron chi connectivity index (χ2n) is 18.0.